The van der Waals surface area contributed by atoms with Gasteiger partial charge in [0.15, 0.2) is 0 Å². The Morgan fingerprint density at radius 3 is 1.38 bits per heavy atom. The summed E-state index contributed by atoms with van der Waals surface area (Å²) in [6, 6.07) is 17.9. The second-order valence-corrected chi connectivity index (χ2v) is 19.8. The summed E-state index contributed by atoms with van der Waals surface area (Å²) in [6.07, 6.45) is 7.61. The highest BCUT2D eigenvalue weighted by atomic mass is 32.2. The van der Waals surface area contributed by atoms with Gasteiger partial charge in [0.1, 0.15) is 12.1 Å². The molecule has 2 heterocycles. The number of benzene rings is 4. The third kappa shape index (κ3) is 11.9. The summed E-state index contributed by atoms with van der Waals surface area (Å²) in [5.74, 6) is -2.95. The number of nitro benzene ring substituents is 2. The fourth-order valence-corrected chi connectivity index (χ4v) is 10.6. The SMILES string of the molecule is Cc1cccc(S(=O)(=O)NC(=O)C2CCCCN2C(=O)/C=C/c2ccc(Sc3ccc(/C=C/C(=O)N4CCCCC4C(=O)NS(=O)(=O)c4cccc(C)c4)cc3[N+](=O)[O-])c([N+](=O)[O-])c2)c1. The number of carbonyl (C=O) groups excluding carboxylic acids is 4. The first kappa shape index (κ1) is 47.8. The Bertz CT molecular complexity index is 2660. The van der Waals surface area contributed by atoms with Gasteiger partial charge in [0.2, 0.25) is 11.8 Å². The number of nitrogens with zero attached hydrogens (tertiary/aromatic N) is 4. The van der Waals surface area contributed by atoms with Crippen LogP contribution in [0.2, 0.25) is 0 Å². The molecule has 4 amide bonds. The number of likely N-dealkylation sites (tertiary alicyclic amines) is 2. The third-order valence-electron chi connectivity index (χ3n) is 10.7. The lowest BCUT2D eigenvalue weighted by Gasteiger charge is -2.33. The van der Waals surface area contributed by atoms with Crippen LogP contribution in [0.5, 0.6) is 0 Å². The minimum atomic E-state index is -4.21. The fraction of sp³-hybridized carbons (Fsp3) is 0.273. The van der Waals surface area contributed by atoms with E-state index in [4.69, 9.17) is 0 Å². The van der Waals surface area contributed by atoms with Crippen LogP contribution in [0, 0.1) is 34.1 Å². The van der Waals surface area contributed by atoms with Crippen molar-refractivity contribution in [1.82, 2.24) is 19.2 Å². The molecule has 6 rings (SSSR count). The largest absolute Gasteiger partial charge is 0.327 e. The summed E-state index contributed by atoms with van der Waals surface area (Å²) >= 11 is 0.754. The molecule has 0 bridgehead atoms. The lowest BCUT2D eigenvalue weighted by molar-refractivity contribution is -0.388. The summed E-state index contributed by atoms with van der Waals surface area (Å²) in [5.41, 5.74) is 0.976. The smallest absolute Gasteiger partial charge is 0.283 e. The van der Waals surface area contributed by atoms with Gasteiger partial charge in [-0.25, -0.2) is 26.3 Å². The van der Waals surface area contributed by atoms with Crippen LogP contribution in [-0.4, -0.2) is 85.3 Å². The average Bonchev–Trinajstić information content (AvgIpc) is 3.27. The predicted octanol–water partition coefficient (Wildman–Crippen LogP) is 6.07. The highest BCUT2D eigenvalue weighted by molar-refractivity contribution is 7.99. The molecule has 2 unspecified atom stereocenters. The fourth-order valence-electron chi connectivity index (χ4n) is 7.40. The number of hydrogen-bond acceptors (Lipinski definition) is 13. The summed E-state index contributed by atoms with van der Waals surface area (Å²) < 4.78 is 55.9. The quantitative estimate of drug-likeness (QED) is 0.0828. The summed E-state index contributed by atoms with van der Waals surface area (Å²) in [7, 11) is -8.42. The first-order valence-electron chi connectivity index (χ1n) is 20.3. The van der Waals surface area contributed by atoms with Crippen LogP contribution in [0.1, 0.15) is 60.8 Å². The number of carbonyl (C=O) groups is 4. The molecule has 2 aliphatic heterocycles. The van der Waals surface area contributed by atoms with Crippen LogP contribution in [0.25, 0.3) is 12.2 Å². The summed E-state index contributed by atoms with van der Waals surface area (Å²) in [4.78, 5) is 78.7. The number of aryl methyl sites for hydroxylation is 2. The second-order valence-electron chi connectivity index (χ2n) is 15.4. The number of amides is 4. The number of piperidine rings is 2. The van der Waals surface area contributed by atoms with E-state index in [1.165, 1.54) is 82.6 Å². The van der Waals surface area contributed by atoms with Crippen molar-refractivity contribution in [2.24, 2.45) is 0 Å². The van der Waals surface area contributed by atoms with Crippen molar-refractivity contribution >= 4 is 79.0 Å². The Morgan fingerprint density at radius 1 is 0.615 bits per heavy atom. The minimum absolute atomic E-state index is 0.0430. The van der Waals surface area contributed by atoms with Crippen molar-refractivity contribution in [3.63, 3.8) is 0 Å². The number of rotatable bonds is 14. The molecule has 0 aliphatic carbocycles. The third-order valence-corrected chi connectivity index (χ3v) is 14.5. The van der Waals surface area contributed by atoms with Gasteiger partial charge in [0.25, 0.3) is 43.2 Å². The zero-order valence-electron chi connectivity index (χ0n) is 35.1. The zero-order valence-corrected chi connectivity index (χ0v) is 37.6. The number of nitro groups is 2. The Labute approximate surface area is 379 Å². The van der Waals surface area contributed by atoms with Crippen LogP contribution < -0.4 is 9.44 Å². The minimum Gasteiger partial charge on any atom is -0.327 e. The van der Waals surface area contributed by atoms with Crippen molar-refractivity contribution in [1.29, 1.82) is 0 Å². The van der Waals surface area contributed by atoms with Crippen LogP contribution >= 0.6 is 11.8 Å². The van der Waals surface area contributed by atoms with E-state index in [1.807, 2.05) is 0 Å². The molecule has 18 nitrogen and oxygen atoms in total. The standard InChI is InChI=1S/C44H44N6O12S3/c1-29-9-7-11-33(25-29)64(59,60)45-43(53)35-13-3-5-23-47(35)41(51)21-17-31-15-19-39(37(27-31)49(55)56)63-40-20-16-32(28-38(40)50(57)58)18-22-42(52)48-24-6-4-14-36(48)44(54)46-65(61,62)34-12-8-10-30(2)26-34/h7-12,15-22,25-28,35-36H,3-6,13-14,23-24H2,1-2H3,(H,45,53)(H,46,54)/b21-17+,22-18+. The highest BCUT2D eigenvalue weighted by Gasteiger charge is 2.35. The van der Waals surface area contributed by atoms with Crippen molar-refractivity contribution in [3.05, 3.63) is 140 Å². The number of nitrogens with one attached hydrogen (secondary N) is 2. The second kappa shape index (κ2) is 20.4. The molecular weight excluding hydrogens is 901 g/mol. The molecule has 2 saturated heterocycles. The first-order chi connectivity index (χ1) is 30.8. The molecule has 2 N–H and O–H groups in total. The van der Waals surface area contributed by atoms with Crippen molar-refractivity contribution in [3.8, 4) is 0 Å². The molecule has 2 fully saturated rings. The van der Waals surface area contributed by atoms with Gasteiger partial charge in [0, 0.05) is 37.4 Å². The van der Waals surface area contributed by atoms with Gasteiger partial charge in [-0.3, -0.25) is 39.4 Å². The maximum absolute atomic E-state index is 13.4. The molecule has 0 saturated carbocycles. The van der Waals surface area contributed by atoms with Crippen LogP contribution in [0.4, 0.5) is 11.4 Å². The molecule has 2 atom stereocenters. The molecular formula is C44H44N6O12S3. The van der Waals surface area contributed by atoms with Crippen LogP contribution in [-0.2, 0) is 39.2 Å². The van der Waals surface area contributed by atoms with E-state index in [0.717, 1.165) is 23.9 Å². The molecule has 0 radical (unpaired) electrons. The molecule has 2 aliphatic rings. The van der Waals surface area contributed by atoms with E-state index in [9.17, 15) is 56.2 Å². The van der Waals surface area contributed by atoms with E-state index < -0.39 is 77.0 Å². The van der Waals surface area contributed by atoms with Gasteiger partial charge >= 0.3 is 0 Å². The van der Waals surface area contributed by atoms with Gasteiger partial charge in [0.05, 0.1) is 29.4 Å². The monoisotopic (exact) mass is 944 g/mol. The average molecular weight is 945 g/mol. The van der Waals surface area contributed by atoms with Crippen molar-refractivity contribution in [2.75, 3.05) is 13.1 Å². The molecule has 21 heteroatoms. The van der Waals surface area contributed by atoms with E-state index >= 15 is 0 Å². The van der Waals surface area contributed by atoms with E-state index in [2.05, 4.69) is 9.44 Å². The normalized spacial score (nSPS) is 16.9. The van der Waals surface area contributed by atoms with Crippen molar-refractivity contribution < 1.29 is 45.9 Å². The van der Waals surface area contributed by atoms with E-state index in [-0.39, 0.29) is 56.6 Å². The Hall–Kier alpha value is -6.71. The molecule has 4 aromatic rings. The zero-order chi connectivity index (χ0) is 47.1. The topological polar surface area (TPSA) is 253 Å². The Morgan fingerprint density at radius 2 is 1.02 bits per heavy atom. The first-order valence-corrected chi connectivity index (χ1v) is 24.1. The van der Waals surface area contributed by atoms with Gasteiger partial charge < -0.3 is 9.80 Å². The number of sulfonamides is 2. The van der Waals surface area contributed by atoms with Gasteiger partial charge in [-0.15, -0.1) is 0 Å². The Kier molecular flexibility index (Phi) is 15.0. The number of hydrogen-bond donors (Lipinski definition) is 2. The highest BCUT2D eigenvalue weighted by Crippen LogP contribution is 2.40. The van der Waals surface area contributed by atoms with Crippen LogP contribution in [0.3, 0.4) is 0 Å². The molecule has 340 valence electrons. The lowest BCUT2D eigenvalue weighted by atomic mass is 10.0. The maximum atomic E-state index is 13.4. The summed E-state index contributed by atoms with van der Waals surface area (Å²) in [5, 5.41) is 24.5. The molecule has 0 aromatic heterocycles. The Balaban J connectivity index is 1.13. The molecule has 65 heavy (non-hydrogen) atoms. The van der Waals surface area contributed by atoms with Crippen molar-refractivity contribution in [2.45, 2.75) is 84.0 Å². The molecule has 0 spiro atoms. The van der Waals surface area contributed by atoms with E-state index in [1.54, 1.807) is 38.1 Å². The van der Waals surface area contributed by atoms with Gasteiger partial charge in [-0.05, 0) is 123 Å². The maximum Gasteiger partial charge on any atom is 0.283 e. The van der Waals surface area contributed by atoms with Gasteiger partial charge in [-0.1, -0.05) is 48.2 Å². The van der Waals surface area contributed by atoms with E-state index in [0.29, 0.717) is 36.8 Å². The van der Waals surface area contributed by atoms with Crippen LogP contribution in [0.15, 0.2) is 117 Å². The lowest BCUT2D eigenvalue weighted by Crippen LogP contribution is -2.52. The molecule has 4 aromatic carbocycles. The van der Waals surface area contributed by atoms with Gasteiger partial charge in [-0.2, -0.15) is 0 Å². The predicted molar refractivity (Wildman–Crippen MR) is 240 cm³/mol. The summed E-state index contributed by atoms with van der Waals surface area (Å²) in [6.45, 7) is 3.76.